The van der Waals surface area contributed by atoms with Crippen LogP contribution in [0.1, 0.15) is 122 Å². The molecule has 12 atom stereocenters. The largest absolute Gasteiger partial charge is 0.393 e. The minimum atomic E-state index is -0.687. The van der Waals surface area contributed by atoms with Crippen LogP contribution in [-0.2, 0) is 11.2 Å². The highest BCUT2D eigenvalue weighted by atomic mass is 16.6. The van der Waals surface area contributed by atoms with Crippen molar-refractivity contribution in [3.05, 3.63) is 48.0 Å². The molecule has 52 heavy (non-hydrogen) atoms. The Hall–Kier alpha value is -2.62. The van der Waals surface area contributed by atoms with Gasteiger partial charge in [0.2, 0.25) is 0 Å². The molecule has 1 aromatic rings. The van der Waals surface area contributed by atoms with Gasteiger partial charge in [-0.1, -0.05) is 49.4 Å². The molecule has 1 saturated heterocycles. The van der Waals surface area contributed by atoms with Crippen LogP contribution >= 0.6 is 0 Å². The van der Waals surface area contributed by atoms with E-state index >= 15 is 0 Å². The first kappa shape index (κ1) is 37.7. The fraction of sp³-hybridized carbons (Fsp3) is 0.767. The number of rotatable bonds is 10. The van der Waals surface area contributed by atoms with Crippen LogP contribution in [0.4, 0.5) is 0 Å². The summed E-state index contributed by atoms with van der Waals surface area (Å²) < 4.78 is 6.74. The van der Waals surface area contributed by atoms with E-state index in [2.05, 4.69) is 58.7 Å². The zero-order valence-corrected chi connectivity index (χ0v) is 32.3. The monoisotopic (exact) mass is 717 g/mol. The molecule has 1 heterocycles. The Kier molecular flexibility index (Phi) is 10.8. The topological polar surface area (TPSA) is 154 Å². The summed E-state index contributed by atoms with van der Waals surface area (Å²) >= 11 is 0. The van der Waals surface area contributed by atoms with Crippen molar-refractivity contribution >= 4 is 11.9 Å². The van der Waals surface area contributed by atoms with E-state index < -0.39 is 5.60 Å². The van der Waals surface area contributed by atoms with Crippen LogP contribution in [0.3, 0.4) is 0 Å². The van der Waals surface area contributed by atoms with Gasteiger partial charge in [0.1, 0.15) is 6.17 Å². The van der Waals surface area contributed by atoms with E-state index in [0.717, 1.165) is 64.2 Å². The SMILES string of the molecule is C=C1C[C@@]2(CC[C@@H](CC[C@@]3(O)CCC[C@H](O)C3)C2)[C@@H]2O[C@]2(C)CC[C@@H]2[C@@H]1C[C@]2(C)[C@@H]1CC[C@H]([C@H](NC(N)=NC)NC(N)=NCCc2ccccc2)C1. The summed E-state index contributed by atoms with van der Waals surface area (Å²) in [4.78, 5) is 8.86. The molecule has 0 radical (unpaired) electrons. The quantitative estimate of drug-likeness (QED) is 0.0556. The number of nitrogens with zero attached hydrogens (tertiary/aromatic N) is 2. The third-order valence-corrected chi connectivity index (χ3v) is 15.3. The molecular formula is C43H68N6O3. The number of epoxide rings is 1. The number of hydrogen-bond acceptors (Lipinski definition) is 5. The van der Waals surface area contributed by atoms with Gasteiger partial charge in [-0.25, -0.2) is 0 Å². The molecule has 288 valence electrons. The van der Waals surface area contributed by atoms with Crippen LogP contribution in [0.25, 0.3) is 0 Å². The number of benzene rings is 1. The molecule has 1 spiro atoms. The van der Waals surface area contributed by atoms with Crippen LogP contribution in [0, 0.1) is 40.4 Å². The average Bonchev–Trinajstić information content (AvgIpc) is 3.41. The van der Waals surface area contributed by atoms with Crippen molar-refractivity contribution in [2.75, 3.05) is 13.6 Å². The maximum absolute atomic E-state index is 11.3. The van der Waals surface area contributed by atoms with E-state index in [4.69, 9.17) is 22.8 Å². The number of ether oxygens (including phenoxy) is 1. The predicted octanol–water partition coefficient (Wildman–Crippen LogP) is 6.18. The Morgan fingerprint density at radius 3 is 2.56 bits per heavy atom. The summed E-state index contributed by atoms with van der Waals surface area (Å²) in [6, 6.07) is 10.4. The first-order valence-electron chi connectivity index (χ1n) is 20.7. The number of nitrogens with two attached hydrogens (primary N) is 2. The molecule has 8 N–H and O–H groups in total. The molecule has 0 aromatic heterocycles. The van der Waals surface area contributed by atoms with Crippen molar-refractivity contribution in [1.29, 1.82) is 0 Å². The maximum Gasteiger partial charge on any atom is 0.190 e. The Labute approximate surface area is 312 Å². The van der Waals surface area contributed by atoms with Gasteiger partial charge in [-0.3, -0.25) is 9.98 Å². The molecule has 5 aliphatic carbocycles. The summed E-state index contributed by atoms with van der Waals surface area (Å²) in [7, 11) is 1.71. The molecule has 6 fully saturated rings. The molecule has 9 nitrogen and oxygen atoms in total. The number of fused-ring (bicyclic) bond motifs is 3. The molecule has 7 rings (SSSR count). The van der Waals surface area contributed by atoms with E-state index in [1.165, 1.54) is 49.7 Å². The average molecular weight is 717 g/mol. The van der Waals surface area contributed by atoms with Gasteiger partial charge in [-0.05, 0) is 150 Å². The Balaban J connectivity index is 0.978. The van der Waals surface area contributed by atoms with Gasteiger partial charge >= 0.3 is 0 Å². The van der Waals surface area contributed by atoms with Crippen molar-refractivity contribution in [3.8, 4) is 0 Å². The number of allylic oxidation sites excluding steroid dienone is 1. The van der Waals surface area contributed by atoms with Gasteiger partial charge in [0.05, 0.1) is 23.4 Å². The lowest BCUT2D eigenvalue weighted by molar-refractivity contribution is -0.0697. The number of aliphatic imine (C=N–C) groups is 2. The van der Waals surface area contributed by atoms with Crippen LogP contribution in [-0.4, -0.2) is 65.3 Å². The molecular weight excluding hydrogens is 649 g/mol. The number of aliphatic hydroxyl groups is 2. The molecule has 1 aliphatic heterocycles. The molecule has 5 saturated carbocycles. The summed E-state index contributed by atoms with van der Waals surface area (Å²) in [5.74, 6) is 3.70. The summed E-state index contributed by atoms with van der Waals surface area (Å²) in [5, 5.41) is 28.4. The van der Waals surface area contributed by atoms with E-state index in [9.17, 15) is 10.2 Å². The third-order valence-electron chi connectivity index (χ3n) is 15.3. The second kappa shape index (κ2) is 14.9. The minimum Gasteiger partial charge on any atom is -0.393 e. The fourth-order valence-corrected chi connectivity index (χ4v) is 12.3. The van der Waals surface area contributed by atoms with E-state index in [-0.39, 0.29) is 28.7 Å². The molecule has 6 aliphatic rings. The second-order valence-electron chi connectivity index (χ2n) is 18.7. The van der Waals surface area contributed by atoms with E-state index in [1.807, 2.05) is 6.07 Å². The highest BCUT2D eigenvalue weighted by molar-refractivity contribution is 5.81. The zero-order chi connectivity index (χ0) is 36.7. The highest BCUT2D eigenvalue weighted by Crippen LogP contribution is 2.69. The first-order valence-corrected chi connectivity index (χ1v) is 20.7. The Bertz CT molecular complexity index is 1490. The molecule has 1 aromatic carbocycles. The molecule has 0 amide bonds. The predicted molar refractivity (Wildman–Crippen MR) is 209 cm³/mol. The number of hydrogen-bond donors (Lipinski definition) is 6. The number of aliphatic hydroxyl groups excluding tert-OH is 1. The van der Waals surface area contributed by atoms with Gasteiger partial charge < -0.3 is 37.1 Å². The lowest BCUT2D eigenvalue weighted by Crippen LogP contribution is -2.56. The van der Waals surface area contributed by atoms with Crippen LogP contribution in [0.2, 0.25) is 0 Å². The molecule has 9 heteroatoms. The second-order valence-corrected chi connectivity index (χ2v) is 18.7. The van der Waals surface area contributed by atoms with Crippen LogP contribution < -0.4 is 22.1 Å². The first-order chi connectivity index (χ1) is 24.8. The smallest absolute Gasteiger partial charge is 0.190 e. The van der Waals surface area contributed by atoms with Gasteiger partial charge in [0, 0.05) is 25.4 Å². The van der Waals surface area contributed by atoms with Crippen molar-refractivity contribution < 1.29 is 14.9 Å². The minimum absolute atomic E-state index is 0.0300. The standard InChI is InChI=1S/C43H68N6O3/c1-28-24-42(20-14-30(25-42)15-21-43(51)18-8-11-33(50)26-43)37-41(3,52-37)19-16-35-34(28)27-40(35,2)32-13-12-31(23-32)36(48-38(44)46-4)49-39(45)47-22-17-29-9-6-5-7-10-29/h5-7,9-10,30-37,50-51H,1,8,11-27H2,2-4H3,(H3,44,46,48)(H3,45,47,49)/t30-,31-,32+,33-,34+,35+,36+,37+,40+,41+,42+,43-/m0/s1. The highest BCUT2D eigenvalue weighted by Gasteiger charge is 2.67. The molecule has 0 bridgehead atoms. The molecule has 0 unspecified atom stereocenters. The van der Waals surface area contributed by atoms with Gasteiger partial charge in [0.25, 0.3) is 0 Å². The third kappa shape index (κ3) is 7.79. The van der Waals surface area contributed by atoms with Crippen molar-refractivity contribution in [2.24, 2.45) is 61.9 Å². The zero-order valence-electron chi connectivity index (χ0n) is 32.3. The lowest BCUT2D eigenvalue weighted by Gasteiger charge is -2.58. The van der Waals surface area contributed by atoms with E-state index in [0.29, 0.717) is 60.6 Å². The summed E-state index contributed by atoms with van der Waals surface area (Å²) in [5.41, 5.74) is 15.1. The number of nitrogens with one attached hydrogen (secondary N) is 2. The van der Waals surface area contributed by atoms with Gasteiger partial charge in [-0.15, -0.1) is 0 Å². The van der Waals surface area contributed by atoms with Crippen LogP contribution in [0.5, 0.6) is 0 Å². The maximum atomic E-state index is 11.3. The van der Waals surface area contributed by atoms with Crippen LogP contribution in [0.15, 0.2) is 52.5 Å². The number of guanidine groups is 2. The van der Waals surface area contributed by atoms with Crippen molar-refractivity contribution in [3.63, 3.8) is 0 Å². The van der Waals surface area contributed by atoms with E-state index in [1.54, 1.807) is 7.05 Å². The van der Waals surface area contributed by atoms with Gasteiger partial charge in [0.15, 0.2) is 11.9 Å². The Morgan fingerprint density at radius 1 is 1.00 bits per heavy atom. The van der Waals surface area contributed by atoms with Gasteiger partial charge in [-0.2, -0.15) is 0 Å². The lowest BCUT2D eigenvalue weighted by atomic mass is 9.46. The Morgan fingerprint density at radius 2 is 1.79 bits per heavy atom. The summed E-state index contributed by atoms with van der Waals surface area (Å²) in [6.07, 6.45) is 17.4. The fourth-order valence-electron chi connectivity index (χ4n) is 12.3. The van der Waals surface area contributed by atoms with Crippen molar-refractivity contribution in [1.82, 2.24) is 10.6 Å². The summed E-state index contributed by atoms with van der Waals surface area (Å²) in [6.45, 7) is 10.4. The normalized spacial score (nSPS) is 42.7. The van der Waals surface area contributed by atoms with Crippen molar-refractivity contribution in [2.45, 2.75) is 153 Å².